The van der Waals surface area contributed by atoms with E-state index >= 15 is 4.39 Å². The van der Waals surface area contributed by atoms with Gasteiger partial charge in [0.25, 0.3) is 0 Å². The molecule has 4 aliphatic rings. The molecule has 0 aromatic carbocycles. The maximum absolute atomic E-state index is 15.4. The van der Waals surface area contributed by atoms with E-state index in [-0.39, 0.29) is 29.4 Å². The Morgan fingerprint density at radius 3 is 2.19 bits per heavy atom. The summed E-state index contributed by atoms with van der Waals surface area (Å²) in [5.41, 5.74) is 1.20. The first-order valence-corrected chi connectivity index (χ1v) is 10.9. The van der Waals surface area contributed by atoms with Crippen LogP contribution in [-0.2, 0) is 0 Å². The minimum absolute atomic E-state index is 0.0480. The van der Waals surface area contributed by atoms with Crippen LogP contribution < -0.4 is 0 Å². The van der Waals surface area contributed by atoms with Crippen molar-refractivity contribution in [1.82, 2.24) is 0 Å². The van der Waals surface area contributed by atoms with E-state index in [0.29, 0.717) is 12.3 Å². The highest BCUT2D eigenvalue weighted by molar-refractivity contribution is 8.00. The molecule has 1 heterocycles. The first-order chi connectivity index (χ1) is 12.3. The molecule has 0 aromatic rings. The van der Waals surface area contributed by atoms with Crippen molar-refractivity contribution in [2.24, 2.45) is 29.6 Å². The molecule has 3 aliphatic carbocycles. The van der Waals surface area contributed by atoms with Gasteiger partial charge >= 0.3 is 6.18 Å². The van der Waals surface area contributed by atoms with Gasteiger partial charge < -0.3 is 0 Å². The Balaban J connectivity index is 1.49. The van der Waals surface area contributed by atoms with E-state index in [2.05, 4.69) is 13.0 Å². The van der Waals surface area contributed by atoms with Crippen LogP contribution in [-0.4, -0.2) is 29.0 Å². The molecular formula is C20H27F5S. The van der Waals surface area contributed by atoms with Gasteiger partial charge in [0.2, 0.25) is 0 Å². The number of halogens is 5. The second kappa shape index (κ2) is 6.97. The number of rotatable bonds is 1. The van der Waals surface area contributed by atoms with Crippen molar-refractivity contribution in [2.75, 3.05) is 0 Å². The molecule has 26 heavy (non-hydrogen) atoms. The standard InChI is InChI=1S/C20H27F5S/c1-10-2-4-11(5-3-10)12-6-7-13-14-8-9-15(20(23,24)25)17(22)19(14)26-18(13)16(12)21/h4,10,12-19H,2-3,5-9H2,1H3. The second-order valence-electron chi connectivity index (χ2n) is 8.85. The number of thioether (sulfide) groups is 1. The lowest BCUT2D eigenvalue weighted by atomic mass is 9.66. The van der Waals surface area contributed by atoms with Crippen molar-refractivity contribution in [3.63, 3.8) is 0 Å². The van der Waals surface area contributed by atoms with Crippen LogP contribution >= 0.6 is 11.8 Å². The molecule has 9 unspecified atom stereocenters. The van der Waals surface area contributed by atoms with Gasteiger partial charge in [-0.15, -0.1) is 11.8 Å². The molecule has 0 amide bonds. The lowest BCUT2D eigenvalue weighted by Gasteiger charge is -2.40. The summed E-state index contributed by atoms with van der Waals surface area (Å²) < 4.78 is 69.4. The minimum atomic E-state index is -4.49. The largest absolute Gasteiger partial charge is 0.394 e. The van der Waals surface area contributed by atoms with Gasteiger partial charge in [-0.05, 0) is 62.7 Å². The molecule has 0 radical (unpaired) electrons. The topological polar surface area (TPSA) is 0 Å². The molecule has 6 heteroatoms. The van der Waals surface area contributed by atoms with Crippen molar-refractivity contribution >= 4 is 11.8 Å². The number of hydrogen-bond donors (Lipinski definition) is 0. The predicted molar refractivity (Wildman–Crippen MR) is 94.5 cm³/mol. The average molecular weight is 394 g/mol. The minimum Gasteiger partial charge on any atom is -0.246 e. The van der Waals surface area contributed by atoms with Crippen LogP contribution in [0.15, 0.2) is 11.6 Å². The van der Waals surface area contributed by atoms with Crippen LogP contribution in [0.25, 0.3) is 0 Å². The molecule has 0 N–H and O–H groups in total. The molecule has 0 aromatic heterocycles. The molecule has 4 rings (SSSR count). The first kappa shape index (κ1) is 19.1. The van der Waals surface area contributed by atoms with E-state index in [9.17, 15) is 17.6 Å². The predicted octanol–water partition coefficient (Wildman–Crippen LogP) is 6.51. The van der Waals surface area contributed by atoms with Gasteiger partial charge in [0.15, 0.2) is 0 Å². The van der Waals surface area contributed by atoms with Crippen LogP contribution in [0.3, 0.4) is 0 Å². The van der Waals surface area contributed by atoms with Gasteiger partial charge in [-0.3, -0.25) is 0 Å². The van der Waals surface area contributed by atoms with E-state index < -0.39 is 29.7 Å². The highest BCUT2D eigenvalue weighted by atomic mass is 32.2. The summed E-state index contributed by atoms with van der Waals surface area (Å²) in [6.45, 7) is 2.20. The molecule has 9 atom stereocenters. The van der Waals surface area contributed by atoms with Gasteiger partial charge in [-0.1, -0.05) is 18.6 Å². The molecule has 1 aliphatic heterocycles. The third kappa shape index (κ3) is 3.22. The summed E-state index contributed by atoms with van der Waals surface area (Å²) in [4.78, 5) is 0. The lowest BCUT2D eigenvalue weighted by molar-refractivity contribution is -0.200. The van der Waals surface area contributed by atoms with Crippen molar-refractivity contribution in [3.8, 4) is 0 Å². The first-order valence-electron chi connectivity index (χ1n) is 9.96. The Kier molecular flexibility index (Phi) is 5.11. The quantitative estimate of drug-likeness (QED) is 0.361. The highest BCUT2D eigenvalue weighted by Crippen LogP contribution is 2.60. The SMILES string of the molecule is CC1CC=C(C2CCC3C4CCC(C(F)(F)F)C(F)C4SC3C2F)CC1. The second-order valence-corrected chi connectivity index (χ2v) is 10.2. The van der Waals surface area contributed by atoms with E-state index in [1.54, 1.807) is 0 Å². The van der Waals surface area contributed by atoms with Crippen LogP contribution in [0, 0.1) is 29.6 Å². The fourth-order valence-corrected chi connectivity index (χ4v) is 7.95. The zero-order valence-corrected chi connectivity index (χ0v) is 15.8. The maximum Gasteiger partial charge on any atom is 0.394 e. The summed E-state index contributed by atoms with van der Waals surface area (Å²) in [7, 11) is 0. The van der Waals surface area contributed by atoms with Gasteiger partial charge in [-0.25, -0.2) is 8.78 Å². The molecule has 148 valence electrons. The Labute approximate surface area is 156 Å². The molecule has 1 saturated heterocycles. The van der Waals surface area contributed by atoms with Gasteiger partial charge in [0.1, 0.15) is 12.3 Å². The van der Waals surface area contributed by atoms with E-state index in [1.165, 1.54) is 17.3 Å². The van der Waals surface area contributed by atoms with Crippen LogP contribution in [0.4, 0.5) is 22.0 Å². The fraction of sp³-hybridized carbons (Fsp3) is 0.900. The summed E-state index contributed by atoms with van der Waals surface area (Å²) >= 11 is 1.21. The molecule has 0 bridgehead atoms. The van der Waals surface area contributed by atoms with E-state index in [4.69, 9.17) is 0 Å². The lowest BCUT2D eigenvalue weighted by Crippen LogP contribution is -2.45. The Hall–Kier alpha value is -0.260. The number of alkyl halides is 5. The van der Waals surface area contributed by atoms with Crippen molar-refractivity contribution in [2.45, 2.75) is 80.9 Å². The van der Waals surface area contributed by atoms with Crippen LogP contribution in [0.5, 0.6) is 0 Å². The Morgan fingerprint density at radius 2 is 1.58 bits per heavy atom. The monoisotopic (exact) mass is 394 g/mol. The fourth-order valence-electron chi connectivity index (χ4n) is 5.83. The normalized spacial score (nSPS) is 49.3. The summed E-state index contributed by atoms with van der Waals surface area (Å²) in [6.07, 6.45) is -0.359. The number of allylic oxidation sites excluding steroid dienone is 2. The third-order valence-electron chi connectivity index (χ3n) is 7.33. The molecule has 0 nitrogen and oxygen atoms in total. The van der Waals surface area contributed by atoms with Crippen molar-refractivity contribution in [3.05, 3.63) is 11.6 Å². The Bertz CT molecular complexity index is 559. The maximum atomic E-state index is 15.4. The van der Waals surface area contributed by atoms with Gasteiger partial charge in [0.05, 0.1) is 5.92 Å². The molecular weight excluding hydrogens is 367 g/mol. The van der Waals surface area contributed by atoms with Gasteiger partial charge in [0, 0.05) is 16.4 Å². The van der Waals surface area contributed by atoms with Crippen molar-refractivity contribution < 1.29 is 22.0 Å². The highest BCUT2D eigenvalue weighted by Gasteiger charge is 2.60. The zero-order valence-electron chi connectivity index (χ0n) is 15.0. The third-order valence-corrected chi connectivity index (χ3v) is 9.18. The summed E-state index contributed by atoms with van der Waals surface area (Å²) in [5, 5.41) is -1.00. The van der Waals surface area contributed by atoms with E-state index in [1.807, 2.05) is 0 Å². The summed E-state index contributed by atoms with van der Waals surface area (Å²) in [6, 6.07) is 0. The molecule has 2 saturated carbocycles. The van der Waals surface area contributed by atoms with Gasteiger partial charge in [-0.2, -0.15) is 13.2 Å². The molecule has 0 spiro atoms. The molecule has 3 fully saturated rings. The number of hydrogen-bond acceptors (Lipinski definition) is 1. The Morgan fingerprint density at radius 1 is 0.923 bits per heavy atom. The van der Waals surface area contributed by atoms with E-state index in [0.717, 1.165) is 32.1 Å². The zero-order chi connectivity index (χ0) is 18.6. The van der Waals surface area contributed by atoms with Crippen LogP contribution in [0.1, 0.15) is 51.9 Å². The average Bonchev–Trinajstić information content (AvgIpc) is 2.96. The van der Waals surface area contributed by atoms with Crippen LogP contribution in [0.2, 0.25) is 0 Å². The summed E-state index contributed by atoms with van der Waals surface area (Å²) in [5.74, 6) is -1.37. The van der Waals surface area contributed by atoms with Crippen molar-refractivity contribution in [1.29, 1.82) is 0 Å². The smallest absolute Gasteiger partial charge is 0.246 e. The number of fused-ring (bicyclic) bond motifs is 3.